The molecule has 0 bridgehead atoms. The summed E-state index contributed by atoms with van der Waals surface area (Å²) in [5, 5.41) is 2.89. The van der Waals surface area contributed by atoms with Gasteiger partial charge in [-0.2, -0.15) is 0 Å². The van der Waals surface area contributed by atoms with Gasteiger partial charge in [0, 0.05) is 18.4 Å². The van der Waals surface area contributed by atoms with Crippen molar-refractivity contribution in [3.8, 4) is 0 Å². The molecule has 80 valence electrons. The van der Waals surface area contributed by atoms with E-state index >= 15 is 0 Å². The molecule has 0 saturated carbocycles. The average molecular weight is 198 g/mol. The van der Waals surface area contributed by atoms with Gasteiger partial charge in [-0.25, -0.2) is 0 Å². The Labute approximate surface area is 84.2 Å². The quantitative estimate of drug-likeness (QED) is 0.692. The molecule has 0 aromatic rings. The molecule has 0 aliphatic carbocycles. The molecule has 14 heavy (non-hydrogen) atoms. The van der Waals surface area contributed by atoms with Gasteiger partial charge in [-0.15, -0.1) is 0 Å². The fourth-order valence-electron chi connectivity index (χ4n) is 1.89. The first kappa shape index (κ1) is 11.0. The molecular weight excluding hydrogens is 180 g/mol. The molecule has 1 aliphatic rings. The molecule has 4 heteroatoms. The smallest absolute Gasteiger partial charge is 0.220 e. The molecule has 2 atom stereocenters. The second kappa shape index (κ2) is 4.98. The van der Waals surface area contributed by atoms with Crippen LogP contribution in [0.15, 0.2) is 0 Å². The van der Waals surface area contributed by atoms with E-state index < -0.39 is 0 Å². The van der Waals surface area contributed by atoms with Crippen LogP contribution in [-0.2, 0) is 9.59 Å². The van der Waals surface area contributed by atoms with Crippen molar-refractivity contribution in [1.82, 2.24) is 5.32 Å². The van der Waals surface area contributed by atoms with Crippen LogP contribution in [0.25, 0.3) is 0 Å². The number of primary amides is 1. The Morgan fingerprint density at radius 3 is 2.93 bits per heavy atom. The fourth-order valence-corrected chi connectivity index (χ4v) is 1.89. The third kappa shape index (κ3) is 3.01. The molecule has 1 aliphatic heterocycles. The highest BCUT2D eigenvalue weighted by Crippen LogP contribution is 2.17. The van der Waals surface area contributed by atoms with Gasteiger partial charge in [-0.1, -0.05) is 6.92 Å². The van der Waals surface area contributed by atoms with Gasteiger partial charge in [0.1, 0.15) is 0 Å². The molecule has 0 aromatic heterocycles. The first-order chi connectivity index (χ1) is 6.63. The van der Waals surface area contributed by atoms with Crippen LogP contribution < -0.4 is 11.1 Å². The SMILES string of the molecule is CCC(CC1CCCC(=O)N1)C(N)=O. The van der Waals surface area contributed by atoms with Crippen LogP contribution in [0.4, 0.5) is 0 Å². The van der Waals surface area contributed by atoms with Gasteiger partial charge in [0.25, 0.3) is 0 Å². The summed E-state index contributed by atoms with van der Waals surface area (Å²) < 4.78 is 0. The molecule has 4 nitrogen and oxygen atoms in total. The number of rotatable bonds is 4. The van der Waals surface area contributed by atoms with Crippen LogP contribution in [0.3, 0.4) is 0 Å². The normalized spacial score (nSPS) is 24.1. The third-order valence-electron chi connectivity index (χ3n) is 2.79. The number of hydrogen-bond donors (Lipinski definition) is 2. The van der Waals surface area contributed by atoms with Gasteiger partial charge in [-0.3, -0.25) is 9.59 Å². The molecule has 0 aromatic carbocycles. The van der Waals surface area contributed by atoms with Gasteiger partial charge in [0.15, 0.2) is 0 Å². The van der Waals surface area contributed by atoms with Crippen LogP contribution in [0.1, 0.15) is 39.0 Å². The zero-order valence-electron chi connectivity index (χ0n) is 8.58. The van der Waals surface area contributed by atoms with E-state index in [1.54, 1.807) is 0 Å². The predicted octanol–water partition coefficient (Wildman–Crippen LogP) is 0.557. The molecule has 1 rings (SSSR count). The van der Waals surface area contributed by atoms with Crippen molar-refractivity contribution in [1.29, 1.82) is 0 Å². The molecule has 1 saturated heterocycles. The summed E-state index contributed by atoms with van der Waals surface area (Å²) in [5.74, 6) is -0.258. The number of amides is 2. The van der Waals surface area contributed by atoms with E-state index in [1.807, 2.05) is 6.92 Å². The van der Waals surface area contributed by atoms with E-state index in [2.05, 4.69) is 5.32 Å². The van der Waals surface area contributed by atoms with E-state index in [1.165, 1.54) is 0 Å². The minimum atomic E-state index is -0.257. The summed E-state index contributed by atoms with van der Waals surface area (Å²) in [4.78, 5) is 22.1. The van der Waals surface area contributed by atoms with Crippen LogP contribution in [0.2, 0.25) is 0 Å². The lowest BCUT2D eigenvalue weighted by atomic mass is 9.92. The third-order valence-corrected chi connectivity index (χ3v) is 2.79. The van der Waals surface area contributed by atoms with Crippen LogP contribution >= 0.6 is 0 Å². The van der Waals surface area contributed by atoms with Crippen molar-refractivity contribution >= 4 is 11.8 Å². The lowest BCUT2D eigenvalue weighted by Crippen LogP contribution is -2.41. The molecule has 1 fully saturated rings. The Kier molecular flexibility index (Phi) is 3.92. The summed E-state index contributed by atoms with van der Waals surface area (Å²) in [7, 11) is 0. The van der Waals surface area contributed by atoms with E-state index in [-0.39, 0.29) is 23.8 Å². The topological polar surface area (TPSA) is 72.2 Å². The largest absolute Gasteiger partial charge is 0.369 e. The van der Waals surface area contributed by atoms with Crippen molar-refractivity contribution in [2.45, 2.75) is 45.1 Å². The molecule has 1 heterocycles. The van der Waals surface area contributed by atoms with Crippen LogP contribution in [-0.4, -0.2) is 17.9 Å². The highest BCUT2D eigenvalue weighted by molar-refractivity contribution is 5.78. The minimum absolute atomic E-state index is 0.0978. The van der Waals surface area contributed by atoms with Crippen molar-refractivity contribution in [3.63, 3.8) is 0 Å². The van der Waals surface area contributed by atoms with Crippen molar-refractivity contribution < 1.29 is 9.59 Å². The number of piperidine rings is 1. The zero-order valence-corrected chi connectivity index (χ0v) is 8.58. The van der Waals surface area contributed by atoms with Crippen molar-refractivity contribution in [2.75, 3.05) is 0 Å². The van der Waals surface area contributed by atoms with E-state index in [4.69, 9.17) is 5.73 Å². The predicted molar refractivity (Wildman–Crippen MR) is 53.4 cm³/mol. The van der Waals surface area contributed by atoms with Crippen molar-refractivity contribution in [2.24, 2.45) is 11.7 Å². The number of carbonyl (C=O) groups is 2. The van der Waals surface area contributed by atoms with Gasteiger partial charge in [0.2, 0.25) is 11.8 Å². The molecule has 0 radical (unpaired) electrons. The maximum atomic E-state index is 11.1. The van der Waals surface area contributed by atoms with Gasteiger partial charge in [-0.05, 0) is 25.7 Å². The lowest BCUT2D eigenvalue weighted by molar-refractivity contribution is -0.125. The molecular formula is C10H18N2O2. The van der Waals surface area contributed by atoms with Crippen LogP contribution in [0.5, 0.6) is 0 Å². The van der Waals surface area contributed by atoms with Gasteiger partial charge < -0.3 is 11.1 Å². The summed E-state index contributed by atoms with van der Waals surface area (Å²) in [6.07, 6.45) is 3.95. The number of hydrogen-bond acceptors (Lipinski definition) is 2. The maximum absolute atomic E-state index is 11.1. The Morgan fingerprint density at radius 1 is 1.71 bits per heavy atom. The van der Waals surface area contributed by atoms with Gasteiger partial charge >= 0.3 is 0 Å². The highest BCUT2D eigenvalue weighted by Gasteiger charge is 2.23. The molecule has 0 spiro atoms. The van der Waals surface area contributed by atoms with Gasteiger partial charge in [0.05, 0.1) is 0 Å². The average Bonchev–Trinajstić information content (AvgIpc) is 2.14. The Hall–Kier alpha value is -1.06. The van der Waals surface area contributed by atoms with E-state index in [9.17, 15) is 9.59 Å². The maximum Gasteiger partial charge on any atom is 0.220 e. The summed E-state index contributed by atoms with van der Waals surface area (Å²) in [6, 6.07) is 0.147. The second-order valence-corrected chi connectivity index (χ2v) is 3.90. The Morgan fingerprint density at radius 2 is 2.43 bits per heavy atom. The van der Waals surface area contributed by atoms with Crippen molar-refractivity contribution in [3.05, 3.63) is 0 Å². The second-order valence-electron chi connectivity index (χ2n) is 3.90. The lowest BCUT2D eigenvalue weighted by Gasteiger charge is -2.25. The van der Waals surface area contributed by atoms with E-state index in [0.717, 1.165) is 19.3 Å². The molecule has 2 unspecified atom stereocenters. The highest BCUT2D eigenvalue weighted by atomic mass is 16.2. The monoisotopic (exact) mass is 198 g/mol. The van der Waals surface area contributed by atoms with E-state index in [0.29, 0.717) is 12.8 Å². The standard InChI is InChI=1S/C10H18N2O2/c1-2-7(10(11)14)6-8-4-3-5-9(13)12-8/h7-8H,2-6H2,1H3,(H2,11,14)(H,12,13). The number of nitrogens with two attached hydrogens (primary N) is 1. The Bertz CT molecular complexity index is 228. The molecule has 2 amide bonds. The fraction of sp³-hybridized carbons (Fsp3) is 0.800. The first-order valence-corrected chi connectivity index (χ1v) is 5.22. The zero-order chi connectivity index (χ0) is 10.6. The summed E-state index contributed by atoms with van der Waals surface area (Å²) in [5.41, 5.74) is 5.25. The van der Waals surface area contributed by atoms with Crippen LogP contribution in [0, 0.1) is 5.92 Å². The number of nitrogens with one attached hydrogen (secondary N) is 1. The minimum Gasteiger partial charge on any atom is -0.369 e. The Balaban J connectivity index is 2.41. The summed E-state index contributed by atoms with van der Waals surface area (Å²) in [6.45, 7) is 1.94. The molecule has 3 N–H and O–H groups in total. The summed E-state index contributed by atoms with van der Waals surface area (Å²) >= 11 is 0. The first-order valence-electron chi connectivity index (χ1n) is 5.22. The number of carbonyl (C=O) groups excluding carboxylic acids is 2.